The number of rotatable bonds is 7. The number of anilines is 2. The highest BCUT2D eigenvalue weighted by Crippen LogP contribution is 2.33. The van der Waals surface area contributed by atoms with Gasteiger partial charge in [0.15, 0.2) is 10.3 Å². The molecule has 0 atom stereocenters. The number of nitrogens with two attached hydrogens (primary N) is 1. The van der Waals surface area contributed by atoms with Crippen molar-refractivity contribution in [1.29, 1.82) is 0 Å². The van der Waals surface area contributed by atoms with Gasteiger partial charge in [-0.25, -0.2) is 18.4 Å². The Morgan fingerprint density at radius 1 is 0.780 bits per heavy atom. The molecule has 5 rings (SSSR count). The fourth-order valence-electron chi connectivity index (χ4n) is 3.45. The number of benzene rings is 3. The van der Waals surface area contributed by atoms with Crippen molar-refractivity contribution < 1.29 is 18.3 Å². The molecule has 0 amide bonds. The summed E-state index contributed by atoms with van der Waals surface area (Å²) in [5.74, 6) is 0. The van der Waals surface area contributed by atoms with Gasteiger partial charge in [0.25, 0.3) is 21.4 Å². The zero-order valence-corrected chi connectivity index (χ0v) is 25.2. The lowest BCUT2D eigenvalue weighted by atomic mass is 10.1. The SMILES string of the molecule is Br.Cc1ccc(S(=O)(=O)Nc2nc(-c3ccccc3[N+](=O)[O-])cs2)cc1.Nc1nc(-c2ccccc2[N+](=O)[O-])cs1. The van der Waals surface area contributed by atoms with Gasteiger partial charge < -0.3 is 5.73 Å². The Bertz CT molecular complexity index is 1790. The quantitative estimate of drug-likeness (QED) is 0.140. The van der Waals surface area contributed by atoms with Crippen LogP contribution in [-0.4, -0.2) is 28.2 Å². The molecule has 3 N–H and O–H groups in total. The van der Waals surface area contributed by atoms with E-state index < -0.39 is 19.9 Å². The van der Waals surface area contributed by atoms with Gasteiger partial charge in [-0.3, -0.25) is 25.0 Å². The van der Waals surface area contributed by atoms with E-state index in [1.165, 1.54) is 35.6 Å². The van der Waals surface area contributed by atoms with Gasteiger partial charge in [-0.2, -0.15) is 0 Å². The number of para-hydroxylation sites is 2. The van der Waals surface area contributed by atoms with E-state index in [2.05, 4.69) is 14.7 Å². The van der Waals surface area contributed by atoms with E-state index in [0.717, 1.165) is 16.9 Å². The van der Waals surface area contributed by atoms with Gasteiger partial charge in [0.1, 0.15) is 0 Å². The summed E-state index contributed by atoms with van der Waals surface area (Å²) in [6.07, 6.45) is 0. The van der Waals surface area contributed by atoms with E-state index in [1.54, 1.807) is 59.3 Å². The molecule has 41 heavy (non-hydrogen) atoms. The molecule has 0 spiro atoms. The van der Waals surface area contributed by atoms with Crippen molar-refractivity contribution in [1.82, 2.24) is 9.97 Å². The maximum Gasteiger partial charge on any atom is 0.278 e. The molecule has 2 heterocycles. The Morgan fingerprint density at radius 2 is 1.27 bits per heavy atom. The van der Waals surface area contributed by atoms with Crippen LogP contribution in [0.2, 0.25) is 0 Å². The third-order valence-corrected chi connectivity index (χ3v) is 8.25. The van der Waals surface area contributed by atoms with E-state index in [1.807, 2.05) is 6.92 Å². The number of hydrogen-bond acceptors (Lipinski definition) is 11. The number of nitro benzene ring substituents is 2. The fourth-order valence-corrected chi connectivity index (χ4v) is 5.97. The number of halogens is 1. The number of nitro groups is 2. The maximum absolute atomic E-state index is 12.4. The molecular weight excluding hydrogens is 656 g/mol. The molecule has 0 aliphatic rings. The first-order chi connectivity index (χ1) is 19.0. The van der Waals surface area contributed by atoms with Crippen LogP contribution in [0, 0.1) is 27.2 Å². The van der Waals surface area contributed by atoms with E-state index in [-0.39, 0.29) is 38.4 Å². The number of hydrogen-bond donors (Lipinski definition) is 2. The molecule has 0 fully saturated rings. The van der Waals surface area contributed by atoms with Crippen molar-refractivity contribution in [3.8, 4) is 22.5 Å². The van der Waals surface area contributed by atoms with Gasteiger partial charge in [0, 0.05) is 22.9 Å². The molecule has 16 heteroatoms. The molecule has 212 valence electrons. The molecule has 0 radical (unpaired) electrons. The van der Waals surface area contributed by atoms with E-state index in [9.17, 15) is 28.6 Å². The Balaban J connectivity index is 0.000000248. The minimum atomic E-state index is -3.76. The summed E-state index contributed by atoms with van der Waals surface area (Å²) in [6.45, 7) is 1.86. The zero-order valence-electron chi connectivity index (χ0n) is 21.0. The van der Waals surface area contributed by atoms with Crippen LogP contribution in [0.5, 0.6) is 0 Å². The number of sulfonamides is 1. The van der Waals surface area contributed by atoms with Crippen LogP contribution in [0.3, 0.4) is 0 Å². The summed E-state index contributed by atoms with van der Waals surface area (Å²) in [5, 5.41) is 25.7. The van der Waals surface area contributed by atoms with Crippen LogP contribution in [-0.2, 0) is 10.0 Å². The van der Waals surface area contributed by atoms with Crippen molar-refractivity contribution in [2.24, 2.45) is 0 Å². The molecule has 2 aromatic heterocycles. The predicted molar refractivity (Wildman–Crippen MR) is 165 cm³/mol. The van der Waals surface area contributed by atoms with Crippen molar-refractivity contribution in [3.63, 3.8) is 0 Å². The van der Waals surface area contributed by atoms with Gasteiger partial charge in [-0.1, -0.05) is 42.0 Å². The van der Waals surface area contributed by atoms with Gasteiger partial charge >= 0.3 is 0 Å². The van der Waals surface area contributed by atoms with Crippen molar-refractivity contribution in [2.75, 3.05) is 10.5 Å². The Morgan fingerprint density at radius 3 is 1.76 bits per heavy atom. The zero-order chi connectivity index (χ0) is 28.9. The van der Waals surface area contributed by atoms with Crippen molar-refractivity contribution in [3.05, 3.63) is 109 Å². The molecule has 0 bridgehead atoms. The predicted octanol–water partition coefficient (Wildman–Crippen LogP) is 6.71. The summed E-state index contributed by atoms with van der Waals surface area (Å²) < 4.78 is 27.2. The number of nitrogen functional groups attached to an aromatic ring is 1. The maximum atomic E-state index is 12.4. The lowest BCUT2D eigenvalue weighted by Gasteiger charge is -2.05. The highest BCUT2D eigenvalue weighted by Gasteiger charge is 2.20. The topological polar surface area (TPSA) is 184 Å². The number of aryl methyl sites for hydroxylation is 1. The van der Waals surface area contributed by atoms with Gasteiger partial charge in [0.2, 0.25) is 0 Å². The van der Waals surface area contributed by atoms with E-state index in [4.69, 9.17) is 5.73 Å². The first-order valence-electron chi connectivity index (χ1n) is 11.3. The minimum Gasteiger partial charge on any atom is -0.375 e. The summed E-state index contributed by atoms with van der Waals surface area (Å²) in [4.78, 5) is 29.3. The minimum absolute atomic E-state index is 0. The number of nitrogens with zero attached hydrogens (tertiary/aromatic N) is 4. The lowest BCUT2D eigenvalue weighted by Crippen LogP contribution is -2.12. The van der Waals surface area contributed by atoms with E-state index in [0.29, 0.717) is 27.6 Å². The molecule has 12 nitrogen and oxygen atoms in total. The third kappa shape index (κ3) is 7.69. The number of nitrogens with one attached hydrogen (secondary N) is 1. The second kappa shape index (κ2) is 13.4. The molecule has 3 aromatic carbocycles. The van der Waals surface area contributed by atoms with Crippen LogP contribution < -0.4 is 10.5 Å². The summed E-state index contributed by atoms with van der Waals surface area (Å²) in [6, 6.07) is 19.1. The second-order valence-corrected chi connectivity index (χ2v) is 11.5. The standard InChI is InChI=1S/C16H13N3O4S2.C9H7N3O2S.BrH/c1-11-6-8-12(9-7-11)25(22,23)18-16-17-14(10-24-16)13-4-2-3-5-15(13)19(20)21;10-9-11-7(5-15-9)6-3-1-2-4-8(6)12(13)14;/h2-10H,1H3,(H,17,18);1-5H,(H2,10,11);1H. The van der Waals surface area contributed by atoms with Crippen LogP contribution in [0.1, 0.15) is 5.56 Å². The van der Waals surface area contributed by atoms with Crippen LogP contribution in [0.4, 0.5) is 21.6 Å². The first-order valence-corrected chi connectivity index (χ1v) is 14.5. The van der Waals surface area contributed by atoms with Gasteiger partial charge in [0.05, 0.1) is 37.3 Å². The van der Waals surface area contributed by atoms with Gasteiger partial charge in [-0.05, 0) is 31.2 Å². The summed E-state index contributed by atoms with van der Waals surface area (Å²) >= 11 is 2.33. The molecule has 0 unspecified atom stereocenters. The monoisotopic (exact) mass is 676 g/mol. The number of aromatic nitrogens is 2. The van der Waals surface area contributed by atoms with Gasteiger partial charge in [-0.15, -0.1) is 39.7 Å². The average molecular weight is 678 g/mol. The molecule has 0 aliphatic heterocycles. The molecule has 0 saturated carbocycles. The highest BCUT2D eigenvalue weighted by atomic mass is 79.9. The number of thiazole rings is 2. The van der Waals surface area contributed by atoms with Crippen LogP contribution in [0.25, 0.3) is 22.5 Å². The lowest BCUT2D eigenvalue weighted by molar-refractivity contribution is -0.384. The summed E-state index contributed by atoms with van der Waals surface area (Å²) in [5.41, 5.74) is 8.12. The Labute approximate surface area is 252 Å². The largest absolute Gasteiger partial charge is 0.375 e. The molecular formula is C25H21BrN6O6S3. The Hall–Kier alpha value is -4.25. The fraction of sp³-hybridized carbons (Fsp3) is 0.0400. The normalized spacial score (nSPS) is 10.6. The molecule has 0 aliphatic carbocycles. The average Bonchev–Trinajstić information content (AvgIpc) is 3.58. The van der Waals surface area contributed by atoms with Crippen LogP contribution >= 0.6 is 39.7 Å². The van der Waals surface area contributed by atoms with Crippen LogP contribution in [0.15, 0.2) is 88.5 Å². The van der Waals surface area contributed by atoms with E-state index >= 15 is 0 Å². The van der Waals surface area contributed by atoms with Crippen molar-refractivity contribution in [2.45, 2.75) is 11.8 Å². The second-order valence-electron chi connectivity index (χ2n) is 8.08. The highest BCUT2D eigenvalue weighted by molar-refractivity contribution is 8.93. The molecule has 5 aromatic rings. The molecule has 0 saturated heterocycles. The smallest absolute Gasteiger partial charge is 0.278 e. The first kappa shape index (κ1) is 31.3. The van der Waals surface area contributed by atoms with Crippen molar-refractivity contribution >= 4 is 71.3 Å². The third-order valence-electron chi connectivity index (χ3n) is 5.33. The summed E-state index contributed by atoms with van der Waals surface area (Å²) in [7, 11) is -3.76. The Kier molecular flexibility index (Phi) is 10.2.